The Labute approximate surface area is 180 Å². The van der Waals surface area contributed by atoms with Crippen LogP contribution < -0.4 is 9.80 Å². The van der Waals surface area contributed by atoms with Crippen molar-refractivity contribution in [2.75, 3.05) is 42.5 Å². The molecule has 0 N–H and O–H groups in total. The zero-order valence-electron chi connectivity index (χ0n) is 17.2. The Morgan fingerprint density at radius 1 is 0.871 bits per heavy atom. The number of benzene rings is 1. The summed E-state index contributed by atoms with van der Waals surface area (Å²) in [6, 6.07) is 10.3. The van der Waals surface area contributed by atoms with Crippen molar-refractivity contribution in [3.05, 3.63) is 77.2 Å². The first-order valence-corrected chi connectivity index (χ1v) is 10.6. The first kappa shape index (κ1) is 19.8. The van der Waals surface area contributed by atoms with Crippen molar-refractivity contribution in [2.45, 2.75) is 19.5 Å². The number of hydrogen-bond acceptors (Lipinski definition) is 6. The van der Waals surface area contributed by atoms with Crippen LogP contribution in [0.25, 0.3) is 0 Å². The van der Waals surface area contributed by atoms with Gasteiger partial charge in [-0.2, -0.15) is 0 Å². The number of hydrogen-bond donors (Lipinski definition) is 0. The molecule has 0 unspecified atom stereocenters. The van der Waals surface area contributed by atoms with Crippen molar-refractivity contribution in [2.24, 2.45) is 0 Å². The molecule has 2 aliphatic heterocycles. The largest absolute Gasteiger partial charge is 0.353 e. The first-order valence-electron chi connectivity index (χ1n) is 10.6. The lowest BCUT2D eigenvalue weighted by atomic mass is 10.1. The number of fused-ring (bicyclic) bond motifs is 1. The van der Waals surface area contributed by atoms with E-state index >= 15 is 0 Å². The summed E-state index contributed by atoms with van der Waals surface area (Å²) in [5.74, 6) is 0.211. The summed E-state index contributed by atoms with van der Waals surface area (Å²) in [6.45, 7) is 5.22. The number of aromatic nitrogens is 3. The molecule has 0 atom stereocenters. The number of nitrogens with zero attached hydrogens (tertiary/aromatic N) is 6. The van der Waals surface area contributed by atoms with Gasteiger partial charge in [0.2, 0.25) is 5.95 Å². The lowest BCUT2D eigenvalue weighted by molar-refractivity contribution is 0.238. The van der Waals surface area contributed by atoms with Gasteiger partial charge in [-0.3, -0.25) is 4.90 Å². The second-order valence-corrected chi connectivity index (χ2v) is 7.98. The maximum Gasteiger partial charge on any atom is 0.225 e. The van der Waals surface area contributed by atoms with E-state index in [1.54, 1.807) is 12.1 Å². The van der Waals surface area contributed by atoms with Crippen molar-refractivity contribution in [3.8, 4) is 0 Å². The van der Waals surface area contributed by atoms with E-state index in [2.05, 4.69) is 24.7 Å². The van der Waals surface area contributed by atoms with Gasteiger partial charge in [0.15, 0.2) is 11.6 Å². The SMILES string of the molecule is Fc1cccc(CN2CCc3nc(N4CCN(c5ccccn5)CC4)ncc3C2)c1F. The molecule has 2 aliphatic rings. The molecule has 4 heterocycles. The summed E-state index contributed by atoms with van der Waals surface area (Å²) >= 11 is 0. The van der Waals surface area contributed by atoms with Crippen LogP contribution >= 0.6 is 0 Å². The molecule has 160 valence electrons. The summed E-state index contributed by atoms with van der Waals surface area (Å²) in [5.41, 5.74) is 2.49. The number of halogens is 2. The lowest BCUT2D eigenvalue weighted by Crippen LogP contribution is -2.47. The van der Waals surface area contributed by atoms with Crippen LogP contribution in [0.2, 0.25) is 0 Å². The van der Waals surface area contributed by atoms with Crippen LogP contribution in [0.5, 0.6) is 0 Å². The van der Waals surface area contributed by atoms with Crippen LogP contribution in [0, 0.1) is 11.6 Å². The van der Waals surface area contributed by atoms with Gasteiger partial charge in [0.05, 0.1) is 5.69 Å². The van der Waals surface area contributed by atoms with Gasteiger partial charge in [-0.1, -0.05) is 18.2 Å². The van der Waals surface area contributed by atoms with Gasteiger partial charge in [-0.25, -0.2) is 23.7 Å². The predicted molar refractivity (Wildman–Crippen MR) is 115 cm³/mol. The molecule has 0 aliphatic carbocycles. The van der Waals surface area contributed by atoms with Gasteiger partial charge in [-0.05, 0) is 18.2 Å². The zero-order valence-corrected chi connectivity index (χ0v) is 17.2. The van der Waals surface area contributed by atoms with Crippen LogP contribution in [0.3, 0.4) is 0 Å². The normalized spacial score (nSPS) is 17.0. The van der Waals surface area contributed by atoms with Gasteiger partial charge < -0.3 is 9.80 Å². The quantitative estimate of drug-likeness (QED) is 0.644. The molecular formula is C23H24F2N6. The minimum absolute atomic E-state index is 0.375. The highest BCUT2D eigenvalue weighted by Gasteiger charge is 2.24. The minimum Gasteiger partial charge on any atom is -0.353 e. The van der Waals surface area contributed by atoms with E-state index < -0.39 is 11.6 Å². The molecule has 31 heavy (non-hydrogen) atoms. The molecule has 1 fully saturated rings. The molecule has 3 aromatic rings. The summed E-state index contributed by atoms with van der Waals surface area (Å²) < 4.78 is 27.5. The van der Waals surface area contributed by atoms with Gasteiger partial charge in [0, 0.05) is 75.8 Å². The summed E-state index contributed by atoms with van der Waals surface area (Å²) in [4.78, 5) is 20.5. The van der Waals surface area contributed by atoms with E-state index in [4.69, 9.17) is 4.98 Å². The number of anilines is 2. The Kier molecular flexibility index (Phi) is 5.46. The Balaban J connectivity index is 1.23. The van der Waals surface area contributed by atoms with Gasteiger partial charge in [0.1, 0.15) is 5.82 Å². The smallest absolute Gasteiger partial charge is 0.225 e. The average molecular weight is 422 g/mol. The highest BCUT2D eigenvalue weighted by molar-refractivity contribution is 5.42. The second kappa shape index (κ2) is 8.55. The zero-order chi connectivity index (χ0) is 21.2. The van der Waals surface area contributed by atoms with Crippen LogP contribution in [-0.2, 0) is 19.5 Å². The monoisotopic (exact) mass is 422 g/mol. The highest BCUT2D eigenvalue weighted by Crippen LogP contribution is 2.23. The van der Waals surface area contributed by atoms with Gasteiger partial charge >= 0.3 is 0 Å². The molecule has 0 amide bonds. The standard InChI is InChI=1S/C23H24F2N6/c24-19-5-3-4-17(22(19)25)15-29-9-7-20-18(16-29)14-27-23(28-20)31-12-10-30(11-13-31)21-6-1-2-8-26-21/h1-6,8,14H,7,9-13,15-16H2. The minimum atomic E-state index is -0.800. The van der Waals surface area contributed by atoms with Crippen LogP contribution in [0.1, 0.15) is 16.8 Å². The van der Waals surface area contributed by atoms with Crippen LogP contribution in [-0.4, -0.2) is 52.6 Å². The average Bonchev–Trinajstić information content (AvgIpc) is 2.82. The van der Waals surface area contributed by atoms with Crippen molar-refractivity contribution in [1.82, 2.24) is 19.9 Å². The fourth-order valence-corrected chi connectivity index (χ4v) is 4.24. The topological polar surface area (TPSA) is 48.4 Å². The number of pyridine rings is 1. The highest BCUT2D eigenvalue weighted by atomic mass is 19.2. The summed E-state index contributed by atoms with van der Waals surface area (Å²) in [6.07, 6.45) is 4.48. The molecule has 2 aromatic heterocycles. The maximum absolute atomic E-state index is 14.0. The second-order valence-electron chi connectivity index (χ2n) is 7.98. The van der Waals surface area contributed by atoms with E-state index in [-0.39, 0.29) is 0 Å². The number of piperazine rings is 1. The van der Waals surface area contributed by atoms with E-state index in [9.17, 15) is 8.78 Å². The van der Waals surface area contributed by atoms with Crippen molar-refractivity contribution < 1.29 is 8.78 Å². The van der Waals surface area contributed by atoms with Crippen molar-refractivity contribution >= 4 is 11.8 Å². The molecule has 5 rings (SSSR count). The van der Waals surface area contributed by atoms with Gasteiger partial charge in [0.25, 0.3) is 0 Å². The Bertz CT molecular complexity index is 1050. The Hall–Kier alpha value is -3.13. The summed E-state index contributed by atoms with van der Waals surface area (Å²) in [7, 11) is 0. The van der Waals surface area contributed by atoms with Gasteiger partial charge in [-0.15, -0.1) is 0 Å². The lowest BCUT2D eigenvalue weighted by Gasteiger charge is -2.36. The third-order valence-electron chi connectivity index (χ3n) is 5.96. The number of rotatable bonds is 4. The molecule has 6 nitrogen and oxygen atoms in total. The summed E-state index contributed by atoms with van der Waals surface area (Å²) in [5, 5.41) is 0. The van der Waals surface area contributed by atoms with Crippen LogP contribution in [0.15, 0.2) is 48.8 Å². The molecule has 0 saturated carbocycles. The molecule has 0 radical (unpaired) electrons. The van der Waals surface area contributed by atoms with E-state index in [1.807, 2.05) is 30.6 Å². The van der Waals surface area contributed by atoms with E-state index in [0.717, 1.165) is 68.2 Å². The molecule has 1 saturated heterocycles. The van der Waals surface area contributed by atoms with E-state index in [0.29, 0.717) is 18.7 Å². The Morgan fingerprint density at radius 2 is 1.71 bits per heavy atom. The predicted octanol–water partition coefficient (Wildman–Crippen LogP) is 3.03. The third-order valence-corrected chi connectivity index (χ3v) is 5.96. The maximum atomic E-state index is 14.0. The van der Waals surface area contributed by atoms with Crippen molar-refractivity contribution in [1.29, 1.82) is 0 Å². The fourth-order valence-electron chi connectivity index (χ4n) is 4.24. The molecule has 0 spiro atoms. The third kappa shape index (κ3) is 4.20. The molecule has 1 aromatic carbocycles. The fraction of sp³-hybridized carbons (Fsp3) is 0.348. The van der Waals surface area contributed by atoms with E-state index in [1.165, 1.54) is 0 Å². The first-order chi connectivity index (χ1) is 15.2. The van der Waals surface area contributed by atoms with Crippen molar-refractivity contribution in [3.63, 3.8) is 0 Å². The molecule has 8 heteroatoms. The molecular weight excluding hydrogens is 398 g/mol. The molecule has 0 bridgehead atoms. The van der Waals surface area contributed by atoms with Crippen LogP contribution in [0.4, 0.5) is 20.5 Å². The Morgan fingerprint density at radius 3 is 2.52 bits per heavy atom.